The Kier molecular flexibility index (Phi) is 6.91. The van der Waals surface area contributed by atoms with Crippen LogP contribution in [-0.2, 0) is 13.1 Å². The van der Waals surface area contributed by atoms with Gasteiger partial charge >= 0.3 is 0 Å². The Morgan fingerprint density at radius 1 is 0.959 bits per heavy atom. The number of carbonyl (C=O) groups excluding carboxylic acids is 2. The second-order valence-electron chi connectivity index (χ2n) is 14.0. The highest BCUT2D eigenvalue weighted by Gasteiger charge is 2.47. The van der Waals surface area contributed by atoms with Crippen LogP contribution in [0, 0.1) is 29.1 Å². The monoisotopic (exact) mass is 656 g/mol. The van der Waals surface area contributed by atoms with Crippen molar-refractivity contribution < 1.29 is 14.3 Å². The van der Waals surface area contributed by atoms with Crippen molar-refractivity contribution in [3.8, 4) is 23.3 Å². The standard InChI is InChI=1S/C36H36N10O3/c1-49-29-11-24(36(48)45-19-23-6-7-27(45)31(23)38)9-26-32(29)46(18-21-15-43(16-21)35(47)25-13-40-30(12-37)41-14-25)34(42-26)28-10-22-3-2-8-39-33(22)44(28)17-20-4-5-20/h2-3,8-11,13-14,20-21,23,27,31H,4-7,15-19,38H2,1H3/t23-,27-,31-/m1/s1. The van der Waals surface area contributed by atoms with Crippen molar-refractivity contribution in [2.75, 3.05) is 26.7 Å². The van der Waals surface area contributed by atoms with Crippen molar-refractivity contribution in [1.29, 1.82) is 5.26 Å². The molecule has 2 saturated carbocycles. The minimum Gasteiger partial charge on any atom is -0.494 e. The molecule has 2 N–H and O–H groups in total. The molecule has 248 valence electrons. The third kappa shape index (κ3) is 4.92. The van der Waals surface area contributed by atoms with Crippen molar-refractivity contribution in [2.45, 2.75) is 50.9 Å². The first-order valence-corrected chi connectivity index (χ1v) is 17.0. The summed E-state index contributed by atoms with van der Waals surface area (Å²) < 4.78 is 10.5. The zero-order valence-electron chi connectivity index (χ0n) is 27.2. The highest BCUT2D eigenvalue weighted by atomic mass is 16.5. The highest BCUT2D eigenvalue weighted by molar-refractivity contribution is 6.00. The fourth-order valence-corrected chi connectivity index (χ4v) is 8.13. The predicted octanol–water partition coefficient (Wildman–Crippen LogP) is 3.47. The Morgan fingerprint density at radius 3 is 2.45 bits per heavy atom. The van der Waals surface area contributed by atoms with E-state index in [2.05, 4.69) is 31.2 Å². The fraction of sp³-hybridized carbons (Fsp3) is 0.417. The number of piperidine rings is 1. The van der Waals surface area contributed by atoms with E-state index in [0.29, 0.717) is 60.4 Å². The molecule has 9 rings (SSSR count). The number of nitrogens with two attached hydrogens (primary N) is 1. The summed E-state index contributed by atoms with van der Waals surface area (Å²) in [6.45, 7) is 3.22. The van der Waals surface area contributed by atoms with Crippen LogP contribution in [0.2, 0.25) is 0 Å². The third-order valence-corrected chi connectivity index (χ3v) is 10.9. The van der Waals surface area contributed by atoms with Crippen molar-refractivity contribution in [2.24, 2.45) is 23.5 Å². The van der Waals surface area contributed by atoms with E-state index < -0.39 is 0 Å². The van der Waals surface area contributed by atoms with Crippen molar-refractivity contribution in [3.05, 3.63) is 65.9 Å². The Morgan fingerprint density at radius 2 is 1.76 bits per heavy atom. The largest absolute Gasteiger partial charge is 0.494 e. The predicted molar refractivity (Wildman–Crippen MR) is 179 cm³/mol. The van der Waals surface area contributed by atoms with Gasteiger partial charge in [0.15, 0.2) is 5.82 Å². The minimum absolute atomic E-state index is 0.0285. The van der Waals surface area contributed by atoms with Crippen LogP contribution < -0.4 is 10.5 Å². The smallest absolute Gasteiger partial charge is 0.257 e. The van der Waals surface area contributed by atoms with Gasteiger partial charge < -0.3 is 29.4 Å². The molecule has 0 spiro atoms. The van der Waals surface area contributed by atoms with Gasteiger partial charge in [-0.25, -0.2) is 19.9 Å². The average molecular weight is 657 g/mol. The molecule has 0 radical (unpaired) electrons. The van der Waals surface area contributed by atoms with Gasteiger partial charge in [-0.1, -0.05) is 0 Å². The molecule has 13 heteroatoms. The van der Waals surface area contributed by atoms with E-state index in [1.807, 2.05) is 35.4 Å². The topological polar surface area (TPSA) is 161 Å². The second-order valence-corrected chi connectivity index (χ2v) is 14.0. The van der Waals surface area contributed by atoms with Crippen LogP contribution in [-0.4, -0.2) is 89.5 Å². The van der Waals surface area contributed by atoms with Gasteiger partial charge in [0.25, 0.3) is 11.8 Å². The van der Waals surface area contributed by atoms with E-state index in [0.717, 1.165) is 47.5 Å². The molecule has 4 fully saturated rings. The van der Waals surface area contributed by atoms with Gasteiger partial charge in [-0.15, -0.1) is 0 Å². The number of methoxy groups -OCH3 is 1. The van der Waals surface area contributed by atoms with Crippen LogP contribution in [0.5, 0.6) is 5.75 Å². The van der Waals surface area contributed by atoms with Gasteiger partial charge in [-0.2, -0.15) is 5.26 Å². The molecule has 2 saturated heterocycles. The number of nitrogens with zero attached hydrogens (tertiary/aromatic N) is 9. The first-order valence-electron chi connectivity index (χ1n) is 17.0. The molecule has 2 amide bonds. The zero-order chi connectivity index (χ0) is 33.4. The van der Waals surface area contributed by atoms with Crippen LogP contribution in [0.4, 0.5) is 0 Å². The summed E-state index contributed by atoms with van der Waals surface area (Å²) in [5, 5.41) is 10.1. The Bertz CT molecular complexity index is 2170. The molecule has 13 nitrogen and oxygen atoms in total. The number of pyridine rings is 1. The highest BCUT2D eigenvalue weighted by Crippen LogP contribution is 2.41. The van der Waals surface area contributed by atoms with Gasteiger partial charge in [0.1, 0.15) is 23.0 Å². The Labute approximate surface area is 282 Å². The normalized spacial score (nSPS) is 21.8. The lowest BCUT2D eigenvalue weighted by atomic mass is 9.98. The zero-order valence-corrected chi connectivity index (χ0v) is 27.2. The summed E-state index contributed by atoms with van der Waals surface area (Å²) in [6.07, 6.45) is 9.03. The van der Waals surface area contributed by atoms with Gasteiger partial charge in [0.2, 0.25) is 5.82 Å². The lowest BCUT2D eigenvalue weighted by Crippen LogP contribution is -2.51. The third-order valence-electron chi connectivity index (χ3n) is 10.9. The maximum Gasteiger partial charge on any atom is 0.257 e. The van der Waals surface area contributed by atoms with E-state index in [1.165, 1.54) is 25.2 Å². The summed E-state index contributed by atoms with van der Waals surface area (Å²) in [5.41, 5.74) is 10.8. The number of carbonyl (C=O) groups is 2. The molecule has 0 unspecified atom stereocenters. The SMILES string of the molecule is COc1cc(C(=O)N2C[C@H]3CC[C@@H]2[C@@H]3N)cc2nc(-c3cc4cccnc4n3CC3CC3)n(CC3CN(C(=O)c4cnc(C#N)nc4)C3)c12. The van der Waals surface area contributed by atoms with E-state index in [9.17, 15) is 9.59 Å². The number of amides is 2. The molecule has 49 heavy (non-hydrogen) atoms. The number of aromatic nitrogens is 6. The van der Waals surface area contributed by atoms with Gasteiger partial charge in [0, 0.05) is 80.3 Å². The number of benzene rings is 1. The molecular formula is C36H36N10O3. The molecule has 5 aromatic rings. The lowest BCUT2D eigenvalue weighted by molar-refractivity contribution is 0.0470. The number of hydrogen-bond donors (Lipinski definition) is 1. The number of likely N-dealkylation sites (tertiary alicyclic amines) is 2. The molecule has 4 aromatic heterocycles. The van der Waals surface area contributed by atoms with Crippen molar-refractivity contribution in [3.63, 3.8) is 0 Å². The molecule has 2 bridgehead atoms. The molecule has 2 aliphatic carbocycles. The van der Waals surface area contributed by atoms with Crippen molar-refractivity contribution >= 4 is 33.9 Å². The molecular weight excluding hydrogens is 620 g/mol. The average Bonchev–Trinajstić information content (AvgIpc) is 3.47. The van der Waals surface area contributed by atoms with E-state index in [1.54, 1.807) is 12.0 Å². The quantitative estimate of drug-likeness (QED) is 0.264. The summed E-state index contributed by atoms with van der Waals surface area (Å²) in [5.74, 6) is 2.29. The number of fused-ring (bicyclic) bond motifs is 4. The van der Waals surface area contributed by atoms with Crippen LogP contribution in [0.15, 0.2) is 48.9 Å². The number of imidazole rings is 1. The van der Waals surface area contributed by atoms with E-state index >= 15 is 0 Å². The Balaban J connectivity index is 1.10. The first kappa shape index (κ1) is 29.8. The maximum absolute atomic E-state index is 13.9. The Hall–Kier alpha value is -5.35. The molecule has 1 aromatic carbocycles. The maximum atomic E-state index is 13.9. The fourth-order valence-electron chi connectivity index (χ4n) is 8.13. The molecule has 2 aliphatic heterocycles. The lowest BCUT2D eigenvalue weighted by Gasteiger charge is -2.39. The number of ether oxygens (including phenoxy) is 1. The van der Waals surface area contributed by atoms with Crippen LogP contribution >= 0.6 is 0 Å². The van der Waals surface area contributed by atoms with Gasteiger partial charge in [0.05, 0.1) is 23.9 Å². The van der Waals surface area contributed by atoms with Crippen LogP contribution in [0.25, 0.3) is 33.6 Å². The summed E-state index contributed by atoms with van der Waals surface area (Å²) in [7, 11) is 1.63. The summed E-state index contributed by atoms with van der Waals surface area (Å²) in [6, 6.07) is 11.9. The summed E-state index contributed by atoms with van der Waals surface area (Å²) in [4.78, 5) is 48.8. The number of hydrogen-bond acceptors (Lipinski definition) is 9. The van der Waals surface area contributed by atoms with Crippen molar-refractivity contribution in [1.82, 2.24) is 38.9 Å². The van der Waals surface area contributed by atoms with Crippen LogP contribution in [0.3, 0.4) is 0 Å². The number of rotatable bonds is 8. The summed E-state index contributed by atoms with van der Waals surface area (Å²) >= 11 is 0. The van der Waals surface area contributed by atoms with E-state index in [-0.39, 0.29) is 35.6 Å². The van der Waals surface area contributed by atoms with Crippen LogP contribution in [0.1, 0.15) is 52.2 Å². The van der Waals surface area contributed by atoms with Gasteiger partial charge in [-0.3, -0.25) is 9.59 Å². The second kappa shape index (κ2) is 11.4. The van der Waals surface area contributed by atoms with E-state index in [4.69, 9.17) is 25.7 Å². The van der Waals surface area contributed by atoms with Gasteiger partial charge in [-0.05, 0) is 67.9 Å². The number of nitriles is 1. The minimum atomic E-state index is -0.164. The molecule has 3 atom stereocenters. The molecule has 6 heterocycles. The first-order chi connectivity index (χ1) is 23.9. The molecule has 4 aliphatic rings.